The van der Waals surface area contributed by atoms with Crippen LogP contribution in [0.2, 0.25) is 0 Å². The minimum Gasteiger partial charge on any atom is -0.490 e. The molecular weight excluding hydrogens is 540 g/mol. The largest absolute Gasteiger partial charge is 0.490 e. The van der Waals surface area contributed by atoms with E-state index in [1.54, 1.807) is 25.1 Å². The number of anilines is 1. The van der Waals surface area contributed by atoms with Gasteiger partial charge in [-0.25, -0.2) is 13.2 Å². The van der Waals surface area contributed by atoms with E-state index in [4.69, 9.17) is 14.2 Å². The molecule has 0 spiro atoms. The molecule has 40 heavy (non-hydrogen) atoms. The van der Waals surface area contributed by atoms with Crippen molar-refractivity contribution in [2.45, 2.75) is 49.8 Å². The van der Waals surface area contributed by atoms with E-state index in [-0.39, 0.29) is 30.2 Å². The van der Waals surface area contributed by atoms with Gasteiger partial charge in [0.15, 0.2) is 11.5 Å². The molecule has 13 heteroatoms. The maximum Gasteiger partial charge on any atom is 0.325 e. The lowest BCUT2D eigenvalue weighted by molar-refractivity contribution is -0.133. The summed E-state index contributed by atoms with van der Waals surface area (Å²) in [5, 5.41) is 5.30. The first-order chi connectivity index (χ1) is 19.0. The van der Waals surface area contributed by atoms with Gasteiger partial charge in [0.05, 0.1) is 30.3 Å². The fourth-order valence-corrected chi connectivity index (χ4v) is 6.63. The molecule has 0 saturated carbocycles. The van der Waals surface area contributed by atoms with Crippen LogP contribution in [0.1, 0.15) is 32.8 Å². The Balaban J connectivity index is 1.24. The molecule has 3 aliphatic heterocycles. The van der Waals surface area contributed by atoms with Crippen LogP contribution in [0.4, 0.5) is 10.5 Å². The summed E-state index contributed by atoms with van der Waals surface area (Å²) in [6.45, 7) is 6.19. The highest BCUT2D eigenvalue weighted by Gasteiger charge is 2.49. The molecule has 0 radical (unpaired) electrons. The SMILES string of the molecule is CC1CN(S(=O)(=O)c2ccc(NC(=O)CN3C(=O)NC(C)(c4ccc5c(c4)OCCCO5)C3=O)cc2)CC(C)O1. The van der Waals surface area contributed by atoms with Crippen LogP contribution in [0.5, 0.6) is 11.5 Å². The number of hydrogen-bond donors (Lipinski definition) is 2. The van der Waals surface area contributed by atoms with Gasteiger partial charge < -0.3 is 24.8 Å². The molecular formula is C27H32N4O8S. The van der Waals surface area contributed by atoms with Gasteiger partial charge >= 0.3 is 6.03 Å². The lowest BCUT2D eigenvalue weighted by atomic mass is 9.91. The van der Waals surface area contributed by atoms with E-state index in [2.05, 4.69) is 10.6 Å². The van der Waals surface area contributed by atoms with E-state index in [1.165, 1.54) is 28.6 Å². The van der Waals surface area contributed by atoms with Crippen molar-refractivity contribution in [2.24, 2.45) is 0 Å². The molecule has 2 aromatic rings. The van der Waals surface area contributed by atoms with Gasteiger partial charge in [0, 0.05) is 25.2 Å². The first-order valence-electron chi connectivity index (χ1n) is 13.1. The number of amides is 4. The molecule has 0 aromatic heterocycles. The van der Waals surface area contributed by atoms with Crippen molar-refractivity contribution in [2.75, 3.05) is 38.2 Å². The zero-order valence-electron chi connectivity index (χ0n) is 22.5. The molecule has 3 heterocycles. The molecule has 5 rings (SSSR count). The molecule has 3 aliphatic rings. The van der Waals surface area contributed by atoms with Gasteiger partial charge in [-0.15, -0.1) is 0 Å². The number of carbonyl (C=O) groups is 3. The number of rotatable bonds is 6. The highest BCUT2D eigenvalue weighted by Crippen LogP contribution is 2.36. The van der Waals surface area contributed by atoms with Crippen molar-refractivity contribution in [3.63, 3.8) is 0 Å². The van der Waals surface area contributed by atoms with Crippen LogP contribution in [0.3, 0.4) is 0 Å². The number of nitrogens with zero attached hydrogens (tertiary/aromatic N) is 2. The minimum absolute atomic E-state index is 0.0896. The quantitative estimate of drug-likeness (QED) is 0.501. The van der Waals surface area contributed by atoms with Crippen molar-refractivity contribution in [3.8, 4) is 11.5 Å². The first-order valence-corrected chi connectivity index (χ1v) is 14.5. The number of fused-ring (bicyclic) bond motifs is 1. The number of imide groups is 1. The lowest BCUT2D eigenvalue weighted by Crippen LogP contribution is -2.48. The Kier molecular flexibility index (Phi) is 7.46. The van der Waals surface area contributed by atoms with Crippen LogP contribution in [-0.4, -0.2) is 80.5 Å². The fourth-order valence-electron chi connectivity index (χ4n) is 5.04. The molecule has 214 valence electrons. The lowest BCUT2D eigenvalue weighted by Gasteiger charge is -2.34. The summed E-state index contributed by atoms with van der Waals surface area (Å²) in [6, 6.07) is 10.1. The monoisotopic (exact) mass is 572 g/mol. The molecule has 2 N–H and O–H groups in total. The summed E-state index contributed by atoms with van der Waals surface area (Å²) in [7, 11) is -3.74. The predicted molar refractivity (Wildman–Crippen MR) is 143 cm³/mol. The highest BCUT2D eigenvalue weighted by molar-refractivity contribution is 7.89. The van der Waals surface area contributed by atoms with Gasteiger partial charge in [-0.3, -0.25) is 14.5 Å². The van der Waals surface area contributed by atoms with Crippen LogP contribution in [0.15, 0.2) is 47.4 Å². The Bertz CT molecular complexity index is 1420. The van der Waals surface area contributed by atoms with Crippen molar-refractivity contribution in [1.82, 2.24) is 14.5 Å². The molecule has 12 nitrogen and oxygen atoms in total. The predicted octanol–water partition coefficient (Wildman–Crippen LogP) is 2.05. The Morgan fingerprint density at radius 2 is 1.68 bits per heavy atom. The second-order valence-corrected chi connectivity index (χ2v) is 12.2. The summed E-state index contributed by atoms with van der Waals surface area (Å²) in [5.74, 6) is -0.154. The second kappa shape index (κ2) is 10.7. The Morgan fingerprint density at radius 3 is 2.35 bits per heavy atom. The normalized spacial score (nSPS) is 25.3. The number of morpholine rings is 1. The molecule has 3 unspecified atom stereocenters. The van der Waals surface area contributed by atoms with Crippen molar-refractivity contribution in [1.29, 1.82) is 0 Å². The number of carbonyl (C=O) groups excluding carboxylic acids is 3. The van der Waals surface area contributed by atoms with Crippen molar-refractivity contribution >= 4 is 33.6 Å². The Labute approximate surface area is 232 Å². The summed E-state index contributed by atoms with van der Waals surface area (Å²) >= 11 is 0. The summed E-state index contributed by atoms with van der Waals surface area (Å²) in [4.78, 5) is 39.8. The zero-order valence-corrected chi connectivity index (χ0v) is 23.3. The van der Waals surface area contributed by atoms with Gasteiger partial charge in [0.1, 0.15) is 12.1 Å². The highest BCUT2D eigenvalue weighted by atomic mass is 32.2. The van der Waals surface area contributed by atoms with Crippen LogP contribution < -0.4 is 20.1 Å². The van der Waals surface area contributed by atoms with Crippen LogP contribution in [0, 0.1) is 0 Å². The molecule has 2 fully saturated rings. The Morgan fingerprint density at radius 1 is 1.02 bits per heavy atom. The number of benzene rings is 2. The molecule has 0 aliphatic carbocycles. The Hall–Kier alpha value is -3.68. The van der Waals surface area contributed by atoms with E-state index < -0.39 is 40.0 Å². The maximum atomic E-state index is 13.3. The first kappa shape index (κ1) is 27.9. The van der Waals surface area contributed by atoms with Crippen LogP contribution in [-0.2, 0) is 29.9 Å². The average Bonchev–Trinajstić information content (AvgIpc) is 3.06. The fraction of sp³-hybridized carbons (Fsp3) is 0.444. The van der Waals surface area contributed by atoms with E-state index in [0.29, 0.717) is 36.0 Å². The summed E-state index contributed by atoms with van der Waals surface area (Å²) < 4.78 is 44.5. The van der Waals surface area contributed by atoms with Crippen LogP contribution >= 0.6 is 0 Å². The topological polar surface area (TPSA) is 144 Å². The summed E-state index contributed by atoms with van der Waals surface area (Å²) in [5.41, 5.74) is -0.573. The number of hydrogen-bond acceptors (Lipinski definition) is 8. The standard InChI is InChI=1S/C27H32N4O8S/c1-17-14-30(15-18(2)39-17)40(35,36)21-8-6-20(7-9-21)28-24(32)16-31-25(33)27(3,29-26(31)34)19-5-10-22-23(13-19)38-12-4-11-37-22/h5-10,13,17-18H,4,11-12,14-16H2,1-3H3,(H,28,32)(H,29,34). The van der Waals surface area contributed by atoms with E-state index in [9.17, 15) is 22.8 Å². The molecule has 3 atom stereocenters. The smallest absolute Gasteiger partial charge is 0.325 e. The van der Waals surface area contributed by atoms with Gasteiger partial charge in [-0.1, -0.05) is 6.07 Å². The molecule has 2 saturated heterocycles. The van der Waals surface area contributed by atoms with Gasteiger partial charge in [-0.2, -0.15) is 4.31 Å². The molecule has 0 bridgehead atoms. The number of urea groups is 1. The average molecular weight is 573 g/mol. The molecule has 4 amide bonds. The third kappa shape index (κ3) is 5.36. The molecule has 2 aromatic carbocycles. The third-order valence-electron chi connectivity index (χ3n) is 7.06. The van der Waals surface area contributed by atoms with Gasteiger partial charge in [0.25, 0.3) is 5.91 Å². The number of nitrogens with one attached hydrogen (secondary N) is 2. The maximum absolute atomic E-state index is 13.3. The summed E-state index contributed by atoms with van der Waals surface area (Å²) in [6.07, 6.45) is 0.289. The van der Waals surface area contributed by atoms with Gasteiger partial charge in [0.2, 0.25) is 15.9 Å². The number of ether oxygens (including phenoxy) is 3. The van der Waals surface area contributed by atoms with Crippen molar-refractivity contribution < 1.29 is 37.0 Å². The van der Waals surface area contributed by atoms with Crippen molar-refractivity contribution in [3.05, 3.63) is 48.0 Å². The van der Waals surface area contributed by atoms with E-state index >= 15 is 0 Å². The number of sulfonamides is 1. The van der Waals surface area contributed by atoms with Gasteiger partial charge in [-0.05, 0) is 62.7 Å². The van der Waals surface area contributed by atoms with E-state index in [1.807, 2.05) is 13.8 Å². The van der Waals surface area contributed by atoms with Crippen LogP contribution in [0.25, 0.3) is 0 Å². The van der Waals surface area contributed by atoms with E-state index in [0.717, 1.165) is 11.3 Å². The zero-order chi connectivity index (χ0) is 28.7. The second-order valence-electron chi connectivity index (χ2n) is 10.3. The minimum atomic E-state index is -3.74. The third-order valence-corrected chi connectivity index (χ3v) is 8.91.